The van der Waals surface area contributed by atoms with Gasteiger partial charge in [0, 0.05) is 4.47 Å². The van der Waals surface area contributed by atoms with Crippen molar-refractivity contribution in [2.75, 3.05) is 5.32 Å². The quantitative estimate of drug-likeness (QED) is 0.790. The molecule has 21 heavy (non-hydrogen) atoms. The van der Waals surface area contributed by atoms with Crippen LogP contribution in [-0.4, -0.2) is 22.1 Å². The van der Waals surface area contributed by atoms with Crippen molar-refractivity contribution in [2.45, 2.75) is 0 Å². The number of carboxylic acids is 1. The molecule has 0 atom stereocenters. The zero-order valence-corrected chi connectivity index (χ0v) is 12.0. The smallest absolute Gasteiger partial charge is 0.335 e. The van der Waals surface area contributed by atoms with Crippen LogP contribution in [0.2, 0.25) is 0 Å². The second kappa shape index (κ2) is 5.92. The number of hydrogen-bond acceptors (Lipinski definition) is 3. The van der Waals surface area contributed by atoms with Crippen LogP contribution in [0.25, 0.3) is 0 Å². The van der Waals surface area contributed by atoms with Gasteiger partial charge in [-0.1, -0.05) is 0 Å². The predicted octanol–water partition coefficient (Wildman–Crippen LogP) is 3.24. The number of carbonyl (C=O) groups excluding carboxylic acids is 1. The van der Waals surface area contributed by atoms with Gasteiger partial charge in [0.1, 0.15) is 11.6 Å². The minimum Gasteiger partial charge on any atom is -0.507 e. The maximum atomic E-state index is 13.1. The molecule has 0 aromatic heterocycles. The molecule has 0 aliphatic rings. The number of hydrogen-bond donors (Lipinski definition) is 3. The molecule has 1 amide bonds. The lowest BCUT2D eigenvalue weighted by atomic mass is 10.1. The third-order valence-electron chi connectivity index (χ3n) is 2.67. The lowest BCUT2D eigenvalue weighted by Crippen LogP contribution is -2.13. The highest BCUT2D eigenvalue weighted by Crippen LogP contribution is 2.26. The van der Waals surface area contributed by atoms with Gasteiger partial charge in [-0.25, -0.2) is 9.18 Å². The monoisotopic (exact) mass is 353 g/mol. The topological polar surface area (TPSA) is 86.6 Å². The van der Waals surface area contributed by atoms with Crippen LogP contribution >= 0.6 is 15.9 Å². The van der Waals surface area contributed by atoms with E-state index in [0.717, 1.165) is 18.2 Å². The summed E-state index contributed by atoms with van der Waals surface area (Å²) in [5.41, 5.74) is 0.131. The van der Waals surface area contributed by atoms with Crippen LogP contribution in [0.3, 0.4) is 0 Å². The minimum atomic E-state index is -1.10. The molecule has 0 radical (unpaired) electrons. The maximum absolute atomic E-state index is 13.1. The fourth-order valence-electron chi connectivity index (χ4n) is 1.63. The Morgan fingerprint density at radius 3 is 2.48 bits per heavy atom. The zero-order valence-electron chi connectivity index (χ0n) is 10.4. The number of amides is 1. The number of phenolic OH excluding ortho intramolecular Hbond substituents is 1. The number of aromatic hydroxyl groups is 1. The third-order valence-corrected chi connectivity index (χ3v) is 3.32. The van der Waals surface area contributed by atoms with E-state index in [-0.39, 0.29) is 16.9 Å². The number of halogens is 2. The molecule has 0 fully saturated rings. The van der Waals surface area contributed by atoms with Crippen molar-refractivity contribution in [1.29, 1.82) is 0 Å². The lowest BCUT2D eigenvalue weighted by molar-refractivity contribution is 0.0696. The van der Waals surface area contributed by atoms with Gasteiger partial charge in [-0.05, 0) is 52.3 Å². The van der Waals surface area contributed by atoms with Gasteiger partial charge in [0.2, 0.25) is 0 Å². The molecule has 2 aromatic rings. The molecule has 0 bridgehead atoms. The van der Waals surface area contributed by atoms with Crippen molar-refractivity contribution in [1.82, 2.24) is 0 Å². The SMILES string of the molecule is O=C(O)c1ccc(NC(=O)c2cc(F)ccc2O)c(Br)c1. The Bertz CT molecular complexity index is 733. The highest BCUT2D eigenvalue weighted by Gasteiger charge is 2.14. The number of phenols is 1. The Labute approximate surface area is 127 Å². The van der Waals surface area contributed by atoms with E-state index in [1.165, 1.54) is 18.2 Å². The maximum Gasteiger partial charge on any atom is 0.335 e. The summed E-state index contributed by atoms with van der Waals surface area (Å²) < 4.78 is 13.5. The fraction of sp³-hybridized carbons (Fsp3) is 0. The molecule has 0 spiro atoms. The van der Waals surface area contributed by atoms with E-state index in [0.29, 0.717) is 10.2 Å². The van der Waals surface area contributed by atoms with E-state index in [1.807, 2.05) is 0 Å². The van der Waals surface area contributed by atoms with E-state index in [2.05, 4.69) is 21.2 Å². The standard InChI is InChI=1S/C14H9BrFNO4/c15-10-5-7(14(20)21)1-3-11(10)17-13(19)9-6-8(16)2-4-12(9)18/h1-6,18H,(H,17,19)(H,20,21). The molecule has 108 valence electrons. The molecule has 7 heteroatoms. The molecule has 2 rings (SSSR count). The van der Waals surface area contributed by atoms with Crippen LogP contribution in [-0.2, 0) is 0 Å². The average molecular weight is 354 g/mol. The zero-order chi connectivity index (χ0) is 15.6. The first-order chi connectivity index (χ1) is 9.88. The van der Waals surface area contributed by atoms with Gasteiger partial charge in [0.15, 0.2) is 0 Å². The van der Waals surface area contributed by atoms with Crippen molar-refractivity contribution < 1.29 is 24.2 Å². The van der Waals surface area contributed by atoms with Crippen molar-refractivity contribution in [2.24, 2.45) is 0 Å². The van der Waals surface area contributed by atoms with Crippen LogP contribution < -0.4 is 5.32 Å². The molecular formula is C14H9BrFNO4. The van der Waals surface area contributed by atoms with Gasteiger partial charge in [-0.2, -0.15) is 0 Å². The molecule has 3 N–H and O–H groups in total. The van der Waals surface area contributed by atoms with Crippen molar-refractivity contribution in [3.8, 4) is 5.75 Å². The summed E-state index contributed by atoms with van der Waals surface area (Å²) in [6.45, 7) is 0. The Kier molecular flexibility index (Phi) is 4.23. The van der Waals surface area contributed by atoms with E-state index in [1.54, 1.807) is 0 Å². The minimum absolute atomic E-state index is 0.0495. The van der Waals surface area contributed by atoms with Crippen molar-refractivity contribution >= 4 is 33.5 Å². The van der Waals surface area contributed by atoms with Gasteiger partial charge >= 0.3 is 5.97 Å². The third kappa shape index (κ3) is 3.38. The summed E-state index contributed by atoms with van der Waals surface area (Å²) in [6, 6.07) is 7.04. The first kappa shape index (κ1) is 15.0. The molecule has 0 saturated carbocycles. The fourth-order valence-corrected chi connectivity index (χ4v) is 2.11. The number of rotatable bonds is 3. The number of aromatic carboxylic acids is 1. The van der Waals surface area contributed by atoms with Gasteiger partial charge < -0.3 is 15.5 Å². The summed E-state index contributed by atoms with van der Waals surface area (Å²) in [4.78, 5) is 22.8. The van der Waals surface area contributed by atoms with Gasteiger partial charge in [-0.15, -0.1) is 0 Å². The summed E-state index contributed by atoms with van der Waals surface area (Å²) >= 11 is 3.13. The Hall–Kier alpha value is -2.41. The number of benzene rings is 2. The number of nitrogens with one attached hydrogen (secondary N) is 1. The number of carbonyl (C=O) groups is 2. The van der Waals surface area contributed by atoms with Crippen LogP contribution in [0.15, 0.2) is 40.9 Å². The van der Waals surface area contributed by atoms with Crippen LogP contribution in [0, 0.1) is 5.82 Å². The van der Waals surface area contributed by atoms with Crippen molar-refractivity contribution in [3.05, 3.63) is 57.8 Å². The Morgan fingerprint density at radius 1 is 1.14 bits per heavy atom. The van der Waals surface area contributed by atoms with Crippen molar-refractivity contribution in [3.63, 3.8) is 0 Å². The molecule has 0 saturated heterocycles. The normalized spacial score (nSPS) is 10.2. The molecular weight excluding hydrogens is 345 g/mol. The van der Waals surface area contributed by atoms with Gasteiger partial charge in [0.25, 0.3) is 5.91 Å². The Morgan fingerprint density at radius 2 is 1.86 bits per heavy atom. The molecule has 0 aliphatic heterocycles. The average Bonchev–Trinajstić information content (AvgIpc) is 2.43. The summed E-state index contributed by atoms with van der Waals surface area (Å²) in [5.74, 6) is -2.82. The first-order valence-corrected chi connectivity index (χ1v) is 6.50. The summed E-state index contributed by atoms with van der Waals surface area (Å²) in [5, 5.41) is 20.9. The van der Waals surface area contributed by atoms with E-state index < -0.39 is 17.7 Å². The molecule has 0 unspecified atom stereocenters. The van der Waals surface area contributed by atoms with E-state index in [4.69, 9.17) is 5.11 Å². The number of carboxylic acid groups (broad SMARTS) is 1. The van der Waals surface area contributed by atoms with Crippen LogP contribution in [0.1, 0.15) is 20.7 Å². The van der Waals surface area contributed by atoms with Gasteiger partial charge in [0.05, 0.1) is 16.8 Å². The summed E-state index contributed by atoms with van der Waals surface area (Å²) in [6.07, 6.45) is 0. The molecule has 2 aromatic carbocycles. The second-order valence-corrected chi connectivity index (χ2v) is 4.97. The Balaban J connectivity index is 2.27. The second-order valence-electron chi connectivity index (χ2n) is 4.12. The first-order valence-electron chi connectivity index (χ1n) is 5.71. The molecule has 0 heterocycles. The lowest BCUT2D eigenvalue weighted by Gasteiger charge is -2.09. The van der Waals surface area contributed by atoms with Crippen LogP contribution in [0.5, 0.6) is 5.75 Å². The highest BCUT2D eigenvalue weighted by molar-refractivity contribution is 9.10. The molecule has 0 aliphatic carbocycles. The highest BCUT2D eigenvalue weighted by atomic mass is 79.9. The van der Waals surface area contributed by atoms with E-state index in [9.17, 15) is 19.1 Å². The largest absolute Gasteiger partial charge is 0.507 e. The number of anilines is 1. The van der Waals surface area contributed by atoms with E-state index >= 15 is 0 Å². The molecule has 5 nitrogen and oxygen atoms in total. The predicted molar refractivity (Wildman–Crippen MR) is 77.1 cm³/mol. The van der Waals surface area contributed by atoms with Crippen LogP contribution in [0.4, 0.5) is 10.1 Å². The van der Waals surface area contributed by atoms with Gasteiger partial charge in [-0.3, -0.25) is 4.79 Å². The summed E-state index contributed by atoms with van der Waals surface area (Å²) in [7, 11) is 0.